The monoisotopic (exact) mass is 243 g/mol. The van der Waals surface area contributed by atoms with E-state index in [0.717, 1.165) is 32.6 Å². The molecule has 0 atom stereocenters. The van der Waals surface area contributed by atoms with E-state index in [1.165, 1.54) is 6.42 Å². The summed E-state index contributed by atoms with van der Waals surface area (Å²) in [6.07, 6.45) is 6.43. The molecule has 0 radical (unpaired) electrons. The molecule has 0 aliphatic heterocycles. The number of nitrogens with zero attached hydrogens (tertiary/aromatic N) is 2. The van der Waals surface area contributed by atoms with E-state index >= 15 is 0 Å². The van der Waals surface area contributed by atoms with Crippen LogP contribution in [-0.4, -0.2) is 29.7 Å². The number of nitrogens with one attached hydrogen (secondary N) is 1. The van der Waals surface area contributed by atoms with Crippen LogP contribution in [0.15, 0.2) is 12.4 Å². The van der Waals surface area contributed by atoms with Crippen LogP contribution in [0.3, 0.4) is 0 Å². The van der Waals surface area contributed by atoms with Gasteiger partial charge in [0.05, 0.1) is 0 Å². The van der Waals surface area contributed by atoms with Crippen LogP contribution in [-0.2, 0) is 4.74 Å². The van der Waals surface area contributed by atoms with Crippen molar-refractivity contribution in [3.63, 3.8) is 0 Å². The summed E-state index contributed by atoms with van der Waals surface area (Å²) in [5, 5.41) is 3.53. The molecule has 0 amide bonds. The Morgan fingerprint density at radius 2 is 2.00 bits per heavy atom. The second-order valence-electron chi connectivity index (χ2n) is 3.44. The van der Waals surface area contributed by atoms with Gasteiger partial charge in [-0.2, -0.15) is 0 Å². The molecule has 90 valence electrons. The maximum Gasteiger partial charge on any atom is 0.171 e. The third-order valence-corrected chi connectivity index (χ3v) is 2.33. The van der Waals surface area contributed by atoms with Crippen LogP contribution in [0, 0.1) is 0 Å². The summed E-state index contributed by atoms with van der Waals surface area (Å²) in [5.74, 6) is 0.637. The molecule has 0 aliphatic rings. The van der Waals surface area contributed by atoms with Crippen LogP contribution in [0.25, 0.3) is 0 Å². The van der Waals surface area contributed by atoms with Crippen LogP contribution in [0.4, 0.5) is 5.82 Å². The lowest BCUT2D eigenvalue weighted by Crippen LogP contribution is -2.08. The van der Waals surface area contributed by atoms with Gasteiger partial charge < -0.3 is 10.1 Å². The minimum atomic E-state index is 0.411. The van der Waals surface area contributed by atoms with Gasteiger partial charge in [-0.15, -0.1) is 0 Å². The Balaban J connectivity index is 2.05. The first-order chi connectivity index (χ1) is 7.84. The number of ether oxygens (including phenoxy) is 1. The van der Waals surface area contributed by atoms with Gasteiger partial charge in [0.1, 0.15) is 0 Å². The van der Waals surface area contributed by atoms with Gasteiger partial charge >= 0.3 is 0 Å². The van der Waals surface area contributed by atoms with Gasteiger partial charge in [-0.3, -0.25) is 0 Å². The van der Waals surface area contributed by atoms with Crippen molar-refractivity contribution in [1.29, 1.82) is 0 Å². The molecule has 1 rings (SSSR count). The third kappa shape index (κ3) is 5.28. The molecular formula is C11H18ClN3O. The minimum absolute atomic E-state index is 0.411. The molecule has 0 aromatic carbocycles. The molecule has 1 N–H and O–H groups in total. The van der Waals surface area contributed by atoms with Gasteiger partial charge in [-0.1, -0.05) is 24.9 Å². The molecule has 1 aromatic rings. The lowest BCUT2D eigenvalue weighted by molar-refractivity contribution is 0.131. The predicted octanol–water partition coefficient (Wildman–Crippen LogP) is 2.75. The molecule has 0 fully saturated rings. The number of aromatic nitrogens is 2. The van der Waals surface area contributed by atoms with Crippen LogP contribution >= 0.6 is 11.6 Å². The Labute approximate surface area is 101 Å². The Bertz CT molecular complexity index is 296. The topological polar surface area (TPSA) is 47.0 Å². The van der Waals surface area contributed by atoms with E-state index in [-0.39, 0.29) is 0 Å². The largest absolute Gasteiger partial charge is 0.381 e. The highest BCUT2D eigenvalue weighted by atomic mass is 35.5. The van der Waals surface area contributed by atoms with Gasteiger partial charge in [-0.05, 0) is 12.8 Å². The Hall–Kier alpha value is -0.870. The number of anilines is 1. The smallest absolute Gasteiger partial charge is 0.171 e. The normalized spacial score (nSPS) is 10.4. The van der Waals surface area contributed by atoms with Crippen LogP contribution in [0.2, 0.25) is 5.15 Å². The van der Waals surface area contributed by atoms with E-state index < -0.39 is 0 Å². The van der Waals surface area contributed by atoms with Crippen molar-refractivity contribution in [1.82, 2.24) is 9.97 Å². The van der Waals surface area contributed by atoms with Crippen LogP contribution < -0.4 is 5.32 Å². The van der Waals surface area contributed by atoms with E-state index in [0.29, 0.717) is 11.0 Å². The zero-order chi connectivity index (χ0) is 11.6. The molecule has 0 bridgehead atoms. The van der Waals surface area contributed by atoms with Crippen molar-refractivity contribution in [2.45, 2.75) is 26.2 Å². The highest BCUT2D eigenvalue weighted by Crippen LogP contribution is 2.13. The summed E-state index contributed by atoms with van der Waals surface area (Å²) in [6, 6.07) is 0. The highest BCUT2D eigenvalue weighted by molar-refractivity contribution is 6.31. The van der Waals surface area contributed by atoms with Crippen molar-refractivity contribution < 1.29 is 4.74 Å². The molecule has 0 saturated heterocycles. The molecule has 4 nitrogen and oxygen atoms in total. The van der Waals surface area contributed by atoms with Crippen LogP contribution in [0.5, 0.6) is 0 Å². The zero-order valence-corrected chi connectivity index (χ0v) is 10.3. The van der Waals surface area contributed by atoms with E-state index in [1.807, 2.05) is 0 Å². The fraction of sp³-hybridized carbons (Fsp3) is 0.636. The molecule has 1 heterocycles. The first kappa shape index (κ1) is 13.2. The first-order valence-electron chi connectivity index (χ1n) is 5.62. The Morgan fingerprint density at radius 3 is 2.75 bits per heavy atom. The van der Waals surface area contributed by atoms with E-state index in [4.69, 9.17) is 16.3 Å². The third-order valence-electron chi connectivity index (χ3n) is 2.05. The summed E-state index contributed by atoms with van der Waals surface area (Å²) < 4.78 is 5.43. The maximum atomic E-state index is 5.84. The zero-order valence-electron chi connectivity index (χ0n) is 9.58. The summed E-state index contributed by atoms with van der Waals surface area (Å²) in [5.41, 5.74) is 0. The van der Waals surface area contributed by atoms with Gasteiger partial charge in [0.25, 0.3) is 0 Å². The highest BCUT2D eigenvalue weighted by Gasteiger charge is 1.99. The van der Waals surface area contributed by atoms with Crippen molar-refractivity contribution in [2.24, 2.45) is 0 Å². The molecule has 1 aromatic heterocycles. The van der Waals surface area contributed by atoms with Gasteiger partial charge in [0, 0.05) is 32.2 Å². The number of unbranched alkanes of at least 4 members (excludes halogenated alkanes) is 1. The van der Waals surface area contributed by atoms with E-state index in [9.17, 15) is 0 Å². The summed E-state index contributed by atoms with van der Waals surface area (Å²) >= 11 is 5.84. The van der Waals surface area contributed by atoms with E-state index in [2.05, 4.69) is 22.2 Å². The molecular weight excluding hydrogens is 226 g/mol. The Morgan fingerprint density at radius 1 is 1.25 bits per heavy atom. The van der Waals surface area contributed by atoms with Gasteiger partial charge in [0.15, 0.2) is 11.0 Å². The second-order valence-corrected chi connectivity index (χ2v) is 3.80. The fourth-order valence-electron chi connectivity index (χ4n) is 1.17. The minimum Gasteiger partial charge on any atom is -0.381 e. The number of rotatable bonds is 8. The van der Waals surface area contributed by atoms with Gasteiger partial charge in [0.2, 0.25) is 0 Å². The van der Waals surface area contributed by atoms with Crippen molar-refractivity contribution in [2.75, 3.05) is 25.1 Å². The standard InChI is InChI=1S/C11H18ClN3O/c1-2-3-8-16-9-4-5-14-11-10(12)13-6-7-15-11/h6-7H,2-5,8-9H2,1H3,(H,14,15). The quantitative estimate of drug-likeness (QED) is 0.714. The molecule has 5 heteroatoms. The summed E-state index contributed by atoms with van der Waals surface area (Å²) in [7, 11) is 0. The second kappa shape index (κ2) is 8.30. The lowest BCUT2D eigenvalue weighted by atomic mass is 10.4. The maximum absolute atomic E-state index is 5.84. The first-order valence-corrected chi connectivity index (χ1v) is 6.00. The number of hydrogen-bond acceptors (Lipinski definition) is 4. The summed E-state index contributed by atoms with van der Waals surface area (Å²) in [6.45, 7) is 4.57. The number of hydrogen-bond donors (Lipinski definition) is 1. The SMILES string of the molecule is CCCCOCCCNc1nccnc1Cl. The van der Waals surface area contributed by atoms with Crippen molar-refractivity contribution in [3.05, 3.63) is 17.5 Å². The van der Waals surface area contributed by atoms with Gasteiger partial charge in [-0.25, -0.2) is 9.97 Å². The Kier molecular flexibility index (Phi) is 6.85. The number of halogens is 1. The molecule has 0 unspecified atom stereocenters. The molecule has 0 saturated carbocycles. The molecule has 16 heavy (non-hydrogen) atoms. The molecule has 0 aliphatic carbocycles. The van der Waals surface area contributed by atoms with Crippen molar-refractivity contribution in [3.8, 4) is 0 Å². The molecule has 0 spiro atoms. The summed E-state index contributed by atoms with van der Waals surface area (Å²) in [4.78, 5) is 8.01. The van der Waals surface area contributed by atoms with Crippen molar-refractivity contribution >= 4 is 17.4 Å². The predicted molar refractivity (Wildman–Crippen MR) is 65.9 cm³/mol. The fourth-order valence-corrected chi connectivity index (χ4v) is 1.34. The average molecular weight is 244 g/mol. The lowest BCUT2D eigenvalue weighted by Gasteiger charge is -2.06. The van der Waals surface area contributed by atoms with Crippen LogP contribution in [0.1, 0.15) is 26.2 Å². The van der Waals surface area contributed by atoms with E-state index in [1.54, 1.807) is 12.4 Å². The average Bonchev–Trinajstić information content (AvgIpc) is 2.30.